The third-order valence-electron chi connectivity index (χ3n) is 15.4. The fourth-order valence-corrected chi connectivity index (χ4v) is 14.8. The molecule has 6 aliphatic rings. The molecule has 25 nitrogen and oxygen atoms in total. The Hall–Kier alpha value is -3.04. The number of hydrogen-bond acceptors (Lipinski definition) is 24. The first-order valence-corrected chi connectivity index (χ1v) is 43.1. The largest absolute Gasteiger partial charge is 0.491 e. The Morgan fingerprint density at radius 2 is 0.978 bits per heavy atom. The first-order valence-electron chi connectivity index (χ1n) is 28.9. The summed E-state index contributed by atoms with van der Waals surface area (Å²) in [6, 6.07) is 0. The number of nitrogen functional groups attached to an aromatic ring is 1. The number of aryl methyl sites for hydroxylation is 2. The summed E-state index contributed by atoms with van der Waals surface area (Å²) in [6.07, 6.45) is 17.6. The molecule has 0 unspecified atom stereocenters. The Morgan fingerprint density at radius 1 is 0.600 bits per heavy atom. The number of amidine groups is 2. The molecule has 8 rings (SSSR count). The van der Waals surface area contributed by atoms with Crippen LogP contribution in [0.4, 0.5) is 5.82 Å². The van der Waals surface area contributed by atoms with Crippen molar-refractivity contribution in [3.63, 3.8) is 0 Å². The molecule has 4 saturated heterocycles. The van der Waals surface area contributed by atoms with Gasteiger partial charge < -0.3 is 95.7 Å². The van der Waals surface area contributed by atoms with Gasteiger partial charge in [-0.1, -0.05) is 13.2 Å². The van der Waals surface area contributed by atoms with Crippen molar-refractivity contribution < 1.29 is 64.2 Å². The van der Waals surface area contributed by atoms with E-state index >= 15 is 0 Å². The summed E-state index contributed by atoms with van der Waals surface area (Å²) in [7, 11) is 4.71. The number of nitrogens with two attached hydrogens (primary N) is 3. The fraction of sp³-hybridized carbons (Fsp3) is 0.621. The number of hydrogen-bond donors (Lipinski definition) is 10. The first-order chi connectivity index (χ1) is 41.5. The molecule has 16 atom stereocenters. The molecule has 4 fully saturated rings. The Morgan fingerprint density at radius 3 is 1.37 bits per heavy atom. The average Bonchev–Trinajstić information content (AvgIpc) is 1.73. The van der Waals surface area contributed by atoms with Crippen LogP contribution >= 0.6 is 71.6 Å². The van der Waals surface area contributed by atoms with Crippen LogP contribution in [-0.2, 0) is 30.7 Å². The van der Waals surface area contributed by atoms with Gasteiger partial charge in [0.2, 0.25) is 0 Å². The minimum absolute atomic E-state index is 0.00594. The second-order valence-electron chi connectivity index (χ2n) is 25.9. The van der Waals surface area contributed by atoms with Crippen molar-refractivity contribution in [1.29, 1.82) is 0 Å². The molecular formula is C58H97Br2N11O14P4S. The molecule has 2 aromatic heterocycles. The molecule has 0 spiro atoms. The molecule has 508 valence electrons. The standard InChI is InChI=1S/C15H26N3O5P.C15H25N2O3PS.2C14H23BrN3O3P/c1-21-10-8-18(15(20)17-13(10)16)14-12(22-2)11(19)9(23-14)6-7-24(3,4)5;1-9-10(8-17(2)15(22)16-9)14-13(19)12(18)11(20-14)6-7-21(3,4)5;2*1-8-17-13(16)9(15)7-18(8)14-12(20)11(19)10(21-14)5-6-22(2,3)4/h8-9,11-12,14,19H,3,6-7H2,1-2,4-5H3,(H2,16,17,20);8,11-14,18-19H,3,6-7H2,1-2,4-5H3;2*7,10-12,14,19-20H,1-2,5-6H2,3-4H3,(H2,16,17)/t9-,11-,12-,14-;11-,12-,13-,14+;2*10-,11-,12-,14-/m1111/s1. The lowest BCUT2D eigenvalue weighted by Gasteiger charge is -2.31. The molecule has 13 N–H and O–H groups in total. The molecule has 0 bridgehead atoms. The van der Waals surface area contributed by atoms with E-state index in [0.29, 0.717) is 62.7 Å². The van der Waals surface area contributed by atoms with Gasteiger partial charge in [0.25, 0.3) is 0 Å². The van der Waals surface area contributed by atoms with Gasteiger partial charge in [0, 0.05) is 44.0 Å². The predicted molar refractivity (Wildman–Crippen MR) is 381 cm³/mol. The molecule has 0 aliphatic carbocycles. The summed E-state index contributed by atoms with van der Waals surface area (Å²) in [5.74, 6) is 1.62. The molecule has 0 saturated carbocycles. The van der Waals surface area contributed by atoms with E-state index < -0.39 is 125 Å². The normalized spacial score (nSPS) is 30.5. The van der Waals surface area contributed by atoms with Gasteiger partial charge in [0.15, 0.2) is 35.0 Å². The average molecular weight is 1490 g/mol. The maximum Gasteiger partial charge on any atom is 0.351 e. The quantitative estimate of drug-likeness (QED) is 0.0750. The van der Waals surface area contributed by atoms with E-state index in [9.17, 15) is 40.5 Å². The number of aliphatic hydroxyl groups excluding tert-OH is 7. The molecule has 0 radical (unpaired) electrons. The highest BCUT2D eigenvalue weighted by molar-refractivity contribution is 9.12. The molecule has 0 aromatic carbocycles. The third kappa shape index (κ3) is 21.0. The Kier molecular flexibility index (Phi) is 27.7. The third-order valence-corrected chi connectivity index (χ3v) is 22.9. The predicted octanol–water partition coefficient (Wildman–Crippen LogP) is 3.75. The second-order valence-corrected chi connectivity index (χ2v) is 45.2. The van der Waals surface area contributed by atoms with Gasteiger partial charge >= 0.3 is 5.69 Å². The van der Waals surface area contributed by atoms with E-state index in [1.165, 1.54) is 25.0 Å². The summed E-state index contributed by atoms with van der Waals surface area (Å²) < 4.78 is 38.7. The lowest BCUT2D eigenvalue weighted by molar-refractivity contribution is -0.0579. The lowest BCUT2D eigenvalue weighted by Crippen LogP contribution is -2.42. The van der Waals surface area contributed by atoms with Crippen LogP contribution in [0.3, 0.4) is 0 Å². The van der Waals surface area contributed by atoms with Gasteiger partial charge in [0.05, 0.1) is 46.7 Å². The number of halogens is 2. The van der Waals surface area contributed by atoms with Crippen molar-refractivity contribution in [1.82, 2.24) is 28.9 Å². The van der Waals surface area contributed by atoms with Gasteiger partial charge in [-0.05, 0) is 155 Å². The monoisotopic (exact) mass is 1490 g/mol. The molecule has 90 heavy (non-hydrogen) atoms. The van der Waals surface area contributed by atoms with Gasteiger partial charge in [-0.25, -0.2) is 19.8 Å². The van der Waals surface area contributed by atoms with Crippen LogP contribution in [0.5, 0.6) is 5.75 Å². The van der Waals surface area contributed by atoms with Crippen LogP contribution in [0, 0.1) is 11.7 Å². The molecule has 6 aliphatic heterocycles. The summed E-state index contributed by atoms with van der Waals surface area (Å²) in [5, 5.41) is 72.2. The van der Waals surface area contributed by atoms with Crippen LogP contribution in [-0.4, -0.2) is 279 Å². The van der Waals surface area contributed by atoms with Gasteiger partial charge in [0.1, 0.15) is 78.2 Å². The zero-order chi connectivity index (χ0) is 68.0. The molecule has 8 heterocycles. The zero-order valence-corrected chi connectivity index (χ0v) is 61.3. The summed E-state index contributed by atoms with van der Waals surface area (Å²) in [4.78, 5) is 31.6. The second kappa shape index (κ2) is 32.1. The maximum atomic E-state index is 12.2. The number of aliphatic imine (C=N–C) groups is 2. The minimum Gasteiger partial charge on any atom is -0.491 e. The van der Waals surface area contributed by atoms with Crippen molar-refractivity contribution in [2.45, 2.75) is 131 Å². The van der Waals surface area contributed by atoms with Crippen LogP contribution < -0.4 is 27.6 Å². The number of ether oxygens (including phenoxy) is 6. The number of methoxy groups -OCH3 is 2. The van der Waals surface area contributed by atoms with E-state index in [0.717, 1.165) is 35.9 Å². The first kappa shape index (κ1) is 77.7. The Labute approximate surface area is 551 Å². The Balaban J connectivity index is 0.000000218. The highest BCUT2D eigenvalue weighted by Gasteiger charge is 2.49. The van der Waals surface area contributed by atoms with Gasteiger partial charge in [-0.15, -0.1) is 52.7 Å². The number of rotatable bonds is 18. The van der Waals surface area contributed by atoms with E-state index in [-0.39, 0.29) is 17.7 Å². The van der Waals surface area contributed by atoms with E-state index in [1.54, 1.807) is 26.8 Å². The van der Waals surface area contributed by atoms with Crippen molar-refractivity contribution in [2.24, 2.45) is 28.5 Å². The van der Waals surface area contributed by atoms with Crippen molar-refractivity contribution in [2.75, 3.05) is 97.9 Å². The molecule has 0 amide bonds. The molecular weight excluding hydrogens is 1390 g/mol. The number of aromatic nitrogens is 4. The molecule has 2 aromatic rings. The fourth-order valence-electron chi connectivity index (χ4n) is 10.2. The van der Waals surface area contributed by atoms with E-state index in [2.05, 4.69) is 143 Å². The van der Waals surface area contributed by atoms with Crippen molar-refractivity contribution >= 4 is 114 Å². The number of aliphatic hydroxyl groups is 7. The van der Waals surface area contributed by atoms with Crippen LogP contribution in [0.1, 0.15) is 49.3 Å². The highest BCUT2D eigenvalue weighted by atomic mass is 79.9. The van der Waals surface area contributed by atoms with Crippen LogP contribution in [0.2, 0.25) is 0 Å². The van der Waals surface area contributed by atoms with Crippen molar-refractivity contribution in [3.8, 4) is 5.75 Å². The topological polar surface area (TPSA) is 359 Å². The summed E-state index contributed by atoms with van der Waals surface area (Å²) >= 11 is 11.7. The summed E-state index contributed by atoms with van der Waals surface area (Å²) in [5.41, 5.74) is 18.0. The van der Waals surface area contributed by atoms with Gasteiger partial charge in [-0.2, -0.15) is 4.98 Å². The number of nitrogens with zero attached hydrogens (tertiary/aromatic N) is 8. The lowest BCUT2D eigenvalue weighted by atomic mass is 10.0. The van der Waals surface area contributed by atoms with Crippen molar-refractivity contribution in [3.05, 3.63) is 85.1 Å². The molecule has 32 heteroatoms. The number of anilines is 1. The highest BCUT2D eigenvalue weighted by Crippen LogP contribution is 2.44. The zero-order valence-electron chi connectivity index (χ0n) is 53.7. The smallest absolute Gasteiger partial charge is 0.351 e. The van der Waals surface area contributed by atoms with Crippen LogP contribution in [0.15, 0.2) is 73.3 Å². The summed E-state index contributed by atoms with van der Waals surface area (Å²) in [6.45, 7) is 21.7. The Bertz CT molecular complexity index is 3250. The maximum absolute atomic E-state index is 12.2. The van der Waals surface area contributed by atoms with Gasteiger partial charge in [-0.3, -0.25) is 4.57 Å². The van der Waals surface area contributed by atoms with E-state index in [1.807, 2.05) is 20.2 Å². The van der Waals surface area contributed by atoms with E-state index in [4.69, 9.17) is 57.8 Å². The SMILES string of the molecule is C=C1N=C(N)C(Br)=CN1[C@@H]1O[C@H](CCP(=C)(C)C)[C@@H](O)[C@H]1O.C=C1N=C(N)C(Br)=CN1[C@@H]1O[C@H](CCP(=C)(C)C)[C@@H](O)[C@H]1O.C=P(C)(C)CC[C@H]1O[C@@H](c2cn(C)c(=S)nc2C)[C@H](O)[C@@H]1O.C=P(C)(C)CC[C@H]1O[C@@H](n2cc(OC)c(N)nc2=O)[C@H](OC)[C@@H]1O. The minimum atomic E-state index is -1.24. The van der Waals surface area contributed by atoms with Crippen LogP contribution in [0.25, 0.3) is 0 Å².